The molecule has 0 saturated heterocycles. The minimum absolute atomic E-state index is 0.264. The molecule has 0 bridgehead atoms. The zero-order valence-corrected chi connectivity index (χ0v) is 7.94. The number of aliphatic hydroxyl groups is 1. The van der Waals surface area contributed by atoms with Gasteiger partial charge in [-0.15, -0.1) is 0 Å². The van der Waals surface area contributed by atoms with Gasteiger partial charge in [0.15, 0.2) is 0 Å². The molecule has 0 heterocycles. The predicted octanol–water partition coefficient (Wildman–Crippen LogP) is 0.726. The molecule has 0 aromatic carbocycles. The van der Waals surface area contributed by atoms with Crippen LogP contribution in [0.3, 0.4) is 0 Å². The quantitative estimate of drug-likeness (QED) is 0.682. The number of rotatable bonds is 1. The predicted molar refractivity (Wildman–Crippen MR) is 21.1 cm³/mol. The molecule has 6 heavy (non-hydrogen) atoms. The van der Waals surface area contributed by atoms with E-state index in [4.69, 9.17) is 5.11 Å². The molecular formula is C4H9OPr. The second-order valence-corrected chi connectivity index (χ2v) is 7.16. The van der Waals surface area contributed by atoms with Crippen LogP contribution in [0.4, 0.5) is 0 Å². The van der Waals surface area contributed by atoms with Crippen molar-refractivity contribution >= 4 is 0 Å². The van der Waals surface area contributed by atoms with Crippen molar-refractivity contribution in [3.8, 4) is 0 Å². The van der Waals surface area contributed by atoms with E-state index in [2.05, 4.69) is 13.8 Å². The van der Waals surface area contributed by atoms with E-state index in [1.165, 1.54) is 0 Å². The van der Waals surface area contributed by atoms with Gasteiger partial charge in [0.1, 0.15) is 0 Å². The Morgan fingerprint density at radius 3 is 1.83 bits per heavy atom. The Bertz CT molecular complexity index is 37.3. The van der Waals surface area contributed by atoms with E-state index in [0.29, 0.717) is 6.61 Å². The molecule has 0 fully saturated rings. The molecule has 0 aliphatic heterocycles. The third-order valence-corrected chi connectivity index (χ3v) is 0.993. The standard InChI is InChI=1S/C4H9O.Pr/c1-4(2)3-5;/h5H,3H2,1-2H3;. The summed E-state index contributed by atoms with van der Waals surface area (Å²) in [6.45, 7) is 4.48. The van der Waals surface area contributed by atoms with Crippen LogP contribution >= 0.6 is 0 Å². The summed E-state index contributed by atoms with van der Waals surface area (Å²) < 4.78 is 0.264. The molecule has 0 rings (SSSR count). The molecule has 0 saturated carbocycles. The van der Waals surface area contributed by atoms with E-state index in [9.17, 15) is 0 Å². The van der Waals surface area contributed by atoms with E-state index in [-0.39, 0.29) is 0.999 Å². The number of hydrogen-bond acceptors (Lipinski definition) is 1. The summed E-state index contributed by atoms with van der Waals surface area (Å²) in [5, 5.41) is 8.44. The Hall–Kier alpha value is 1.32. The SMILES string of the molecule is C[C](C)([Pr])CO. The molecule has 0 radical (unpaired) electrons. The van der Waals surface area contributed by atoms with Gasteiger partial charge in [-0.05, 0) is 0 Å². The second-order valence-electron chi connectivity index (χ2n) is 2.15. The van der Waals surface area contributed by atoms with Crippen LogP contribution in [-0.2, 0) is 0 Å². The maximum absolute atomic E-state index is 8.44. The average Bonchev–Trinajstić information content (AvgIpc) is 1.35. The van der Waals surface area contributed by atoms with Crippen molar-refractivity contribution in [2.24, 2.45) is 0 Å². The fraction of sp³-hybridized carbons (Fsp3) is 1.00. The van der Waals surface area contributed by atoms with Gasteiger partial charge in [-0.25, -0.2) is 0 Å². The van der Waals surface area contributed by atoms with E-state index in [1.807, 2.05) is 0 Å². The van der Waals surface area contributed by atoms with Crippen LogP contribution in [0.2, 0.25) is 0.999 Å². The van der Waals surface area contributed by atoms with Gasteiger partial charge in [-0.1, -0.05) is 0 Å². The molecular weight excluding hydrogens is 205 g/mol. The molecule has 0 aromatic heterocycles. The Kier molecular flexibility index (Phi) is 3.16. The third kappa shape index (κ3) is 5.32. The van der Waals surface area contributed by atoms with Crippen molar-refractivity contribution < 1.29 is 44.3 Å². The summed E-state index contributed by atoms with van der Waals surface area (Å²) in [5.74, 6) is 0. The maximum atomic E-state index is 8.44. The van der Waals surface area contributed by atoms with Crippen molar-refractivity contribution in [1.29, 1.82) is 0 Å². The van der Waals surface area contributed by atoms with Crippen LogP contribution in [0.25, 0.3) is 0 Å². The minimum atomic E-state index is 0.264. The first kappa shape index (κ1) is 7.32. The van der Waals surface area contributed by atoms with Crippen molar-refractivity contribution in [3.05, 3.63) is 0 Å². The van der Waals surface area contributed by atoms with Crippen LogP contribution in [0.15, 0.2) is 0 Å². The average molecular weight is 214 g/mol. The summed E-state index contributed by atoms with van der Waals surface area (Å²) in [6, 6.07) is 0. The number of hydrogen-bond donors (Lipinski definition) is 1. The summed E-state index contributed by atoms with van der Waals surface area (Å²) in [4.78, 5) is 0. The number of aliphatic hydroxyl groups excluding tert-OH is 1. The molecule has 34 valence electrons. The molecule has 0 aliphatic carbocycles. The molecule has 0 amide bonds. The zero-order chi connectivity index (χ0) is 5.21. The van der Waals surface area contributed by atoms with Crippen molar-refractivity contribution in [3.63, 3.8) is 0 Å². The van der Waals surface area contributed by atoms with E-state index < -0.39 is 0 Å². The third-order valence-electron chi connectivity index (χ3n) is 0.408. The topological polar surface area (TPSA) is 20.2 Å². The van der Waals surface area contributed by atoms with Crippen molar-refractivity contribution in [2.75, 3.05) is 6.61 Å². The second kappa shape index (κ2) is 2.59. The molecule has 0 aromatic rings. The summed E-state index contributed by atoms with van der Waals surface area (Å²) >= 11 is 0.896. The van der Waals surface area contributed by atoms with E-state index >= 15 is 0 Å². The fourth-order valence-corrected chi connectivity index (χ4v) is 0. The van der Waals surface area contributed by atoms with Crippen LogP contribution in [0.1, 0.15) is 13.8 Å². The zero-order valence-electron chi connectivity index (χ0n) is 4.23. The van der Waals surface area contributed by atoms with Gasteiger partial charge in [-0.2, -0.15) is 0 Å². The first-order chi connectivity index (χ1) is 2.56. The molecule has 1 nitrogen and oxygen atoms in total. The Labute approximate surface area is 65.1 Å². The van der Waals surface area contributed by atoms with E-state index in [1.54, 1.807) is 0 Å². The van der Waals surface area contributed by atoms with Crippen molar-refractivity contribution in [1.82, 2.24) is 0 Å². The van der Waals surface area contributed by atoms with Crippen molar-refractivity contribution in [2.45, 2.75) is 14.8 Å². The monoisotopic (exact) mass is 214 g/mol. The van der Waals surface area contributed by atoms with Crippen LogP contribution in [0.5, 0.6) is 0 Å². The Balaban J connectivity index is 3.17. The van der Waals surface area contributed by atoms with Crippen LogP contribution in [-0.4, -0.2) is 11.7 Å². The Morgan fingerprint density at radius 2 is 1.83 bits per heavy atom. The molecule has 0 spiro atoms. The normalized spacial score (nSPS) is 11.7. The molecule has 0 unspecified atom stereocenters. The van der Waals surface area contributed by atoms with Gasteiger partial charge in [0.25, 0.3) is 0 Å². The van der Waals surface area contributed by atoms with Gasteiger partial charge in [0, 0.05) is 0 Å². The summed E-state index contributed by atoms with van der Waals surface area (Å²) in [6.07, 6.45) is 0. The van der Waals surface area contributed by atoms with Gasteiger partial charge in [0.05, 0.1) is 0 Å². The molecule has 2 heteroatoms. The fourth-order valence-electron chi connectivity index (χ4n) is 0. The van der Waals surface area contributed by atoms with Gasteiger partial charge >= 0.3 is 65.8 Å². The van der Waals surface area contributed by atoms with Crippen LogP contribution in [0, 0.1) is 39.2 Å². The molecule has 0 atom stereocenters. The molecule has 1 N–H and O–H groups in total. The molecule has 0 aliphatic rings. The first-order valence-corrected chi connectivity index (χ1v) is 3.81. The first-order valence-electron chi connectivity index (χ1n) is 1.96. The Morgan fingerprint density at radius 1 is 1.67 bits per heavy atom. The summed E-state index contributed by atoms with van der Waals surface area (Å²) in [5.41, 5.74) is 0. The van der Waals surface area contributed by atoms with E-state index in [0.717, 1.165) is 39.2 Å². The van der Waals surface area contributed by atoms with Gasteiger partial charge < -0.3 is 0 Å². The van der Waals surface area contributed by atoms with Gasteiger partial charge in [0.2, 0.25) is 0 Å². The summed E-state index contributed by atoms with van der Waals surface area (Å²) in [7, 11) is 0. The van der Waals surface area contributed by atoms with Crippen LogP contribution < -0.4 is 0 Å². The van der Waals surface area contributed by atoms with Gasteiger partial charge in [-0.3, -0.25) is 0 Å².